The van der Waals surface area contributed by atoms with Gasteiger partial charge in [-0.05, 0) is 36.4 Å². The first-order valence-corrected chi connectivity index (χ1v) is 7.01. The highest BCUT2D eigenvalue weighted by molar-refractivity contribution is 5.91. The molecule has 4 heteroatoms. The predicted octanol–water partition coefficient (Wildman–Crippen LogP) is 4.00. The van der Waals surface area contributed by atoms with E-state index in [4.69, 9.17) is 0 Å². The Kier molecular flexibility index (Phi) is 2.86. The van der Waals surface area contributed by atoms with E-state index in [0.717, 1.165) is 27.9 Å². The first kappa shape index (κ1) is 12.6. The lowest BCUT2D eigenvalue weighted by molar-refractivity contribution is 0.475. The molecule has 106 valence electrons. The molecule has 0 bridgehead atoms. The summed E-state index contributed by atoms with van der Waals surface area (Å²) in [5, 5.41) is 17.7. The van der Waals surface area contributed by atoms with Crippen LogP contribution in [0.5, 0.6) is 5.75 Å². The molecule has 0 saturated carbocycles. The maximum Gasteiger partial charge on any atom is 0.182 e. The molecule has 0 atom stereocenters. The Morgan fingerprint density at radius 2 is 1.55 bits per heavy atom. The standard InChI is InChI=1S/C18H13N3O/c22-14-8-6-12(7-9-14)16-11-10-15-17(20-21-18(15)19-16)13-4-2-1-3-5-13/h1-11,22H,(H,19,20,21). The number of benzene rings is 2. The Bertz CT molecular complexity index is 928. The first-order valence-electron chi connectivity index (χ1n) is 7.01. The van der Waals surface area contributed by atoms with Crippen molar-refractivity contribution >= 4 is 11.0 Å². The van der Waals surface area contributed by atoms with Gasteiger partial charge in [-0.1, -0.05) is 30.3 Å². The number of pyridine rings is 1. The van der Waals surface area contributed by atoms with Gasteiger partial charge in [0, 0.05) is 16.5 Å². The highest BCUT2D eigenvalue weighted by atomic mass is 16.3. The summed E-state index contributed by atoms with van der Waals surface area (Å²) in [5.74, 6) is 0.246. The molecule has 2 N–H and O–H groups in total. The van der Waals surface area contributed by atoms with Gasteiger partial charge in [0.1, 0.15) is 5.75 Å². The van der Waals surface area contributed by atoms with Crippen molar-refractivity contribution in [3.05, 3.63) is 66.7 Å². The van der Waals surface area contributed by atoms with Gasteiger partial charge in [0.2, 0.25) is 0 Å². The molecule has 0 spiro atoms. The molecule has 2 aromatic carbocycles. The van der Waals surface area contributed by atoms with E-state index < -0.39 is 0 Å². The third-order valence-corrected chi connectivity index (χ3v) is 3.64. The summed E-state index contributed by atoms with van der Waals surface area (Å²) in [4.78, 5) is 4.60. The second-order valence-electron chi connectivity index (χ2n) is 5.08. The van der Waals surface area contributed by atoms with E-state index in [9.17, 15) is 5.11 Å². The maximum atomic E-state index is 9.37. The van der Waals surface area contributed by atoms with Crippen molar-refractivity contribution in [1.82, 2.24) is 15.2 Å². The number of phenols is 1. The fourth-order valence-electron chi connectivity index (χ4n) is 2.52. The van der Waals surface area contributed by atoms with Crippen molar-refractivity contribution in [2.24, 2.45) is 0 Å². The molecule has 0 amide bonds. The zero-order chi connectivity index (χ0) is 14.9. The highest BCUT2D eigenvalue weighted by Crippen LogP contribution is 2.28. The van der Waals surface area contributed by atoms with E-state index >= 15 is 0 Å². The van der Waals surface area contributed by atoms with E-state index in [0.29, 0.717) is 5.65 Å². The maximum absolute atomic E-state index is 9.37. The Morgan fingerprint density at radius 1 is 0.773 bits per heavy atom. The molecule has 0 aliphatic rings. The molecule has 0 aliphatic heterocycles. The monoisotopic (exact) mass is 287 g/mol. The molecule has 0 radical (unpaired) electrons. The van der Waals surface area contributed by atoms with Crippen LogP contribution in [-0.2, 0) is 0 Å². The molecular weight excluding hydrogens is 274 g/mol. The van der Waals surface area contributed by atoms with Crippen LogP contribution in [0.1, 0.15) is 0 Å². The van der Waals surface area contributed by atoms with Crippen molar-refractivity contribution < 1.29 is 5.11 Å². The van der Waals surface area contributed by atoms with Crippen LogP contribution in [0, 0.1) is 0 Å². The van der Waals surface area contributed by atoms with Gasteiger partial charge in [-0.2, -0.15) is 5.10 Å². The summed E-state index contributed by atoms with van der Waals surface area (Å²) in [6.45, 7) is 0. The quantitative estimate of drug-likeness (QED) is 0.586. The molecule has 2 heterocycles. The largest absolute Gasteiger partial charge is 0.508 e. The van der Waals surface area contributed by atoms with E-state index in [-0.39, 0.29) is 5.75 Å². The van der Waals surface area contributed by atoms with Crippen molar-refractivity contribution in [1.29, 1.82) is 0 Å². The topological polar surface area (TPSA) is 61.8 Å². The normalized spacial score (nSPS) is 10.9. The summed E-state index contributed by atoms with van der Waals surface area (Å²) in [7, 11) is 0. The first-order chi connectivity index (χ1) is 10.8. The number of fused-ring (bicyclic) bond motifs is 1. The predicted molar refractivity (Wildman–Crippen MR) is 86.4 cm³/mol. The van der Waals surface area contributed by atoms with Gasteiger partial charge in [0.25, 0.3) is 0 Å². The van der Waals surface area contributed by atoms with Gasteiger partial charge in [-0.15, -0.1) is 0 Å². The number of hydrogen-bond donors (Lipinski definition) is 2. The van der Waals surface area contributed by atoms with Crippen molar-refractivity contribution in [3.8, 4) is 28.3 Å². The van der Waals surface area contributed by atoms with Crippen LogP contribution < -0.4 is 0 Å². The molecule has 0 fully saturated rings. The zero-order valence-corrected chi connectivity index (χ0v) is 11.7. The Hall–Kier alpha value is -3.14. The second kappa shape index (κ2) is 5.00. The van der Waals surface area contributed by atoms with Crippen molar-refractivity contribution in [3.63, 3.8) is 0 Å². The summed E-state index contributed by atoms with van der Waals surface area (Å²) < 4.78 is 0. The van der Waals surface area contributed by atoms with Gasteiger partial charge in [0.15, 0.2) is 5.65 Å². The molecule has 0 saturated heterocycles. The second-order valence-corrected chi connectivity index (χ2v) is 5.08. The highest BCUT2D eigenvalue weighted by Gasteiger charge is 2.10. The lowest BCUT2D eigenvalue weighted by atomic mass is 10.1. The van der Waals surface area contributed by atoms with Crippen molar-refractivity contribution in [2.45, 2.75) is 0 Å². The van der Waals surface area contributed by atoms with Crippen LogP contribution in [0.3, 0.4) is 0 Å². The SMILES string of the molecule is Oc1ccc(-c2ccc3c(-c4ccccc4)[nH]nc3n2)cc1. The third-order valence-electron chi connectivity index (χ3n) is 3.64. The van der Waals surface area contributed by atoms with Crippen LogP contribution in [0.2, 0.25) is 0 Å². The molecule has 0 aliphatic carbocycles. The Labute approximate surface area is 127 Å². The smallest absolute Gasteiger partial charge is 0.182 e. The summed E-state index contributed by atoms with van der Waals surface area (Å²) in [6.07, 6.45) is 0. The minimum absolute atomic E-state index is 0.246. The molecule has 4 aromatic rings. The number of phenolic OH excluding ortho intramolecular Hbond substituents is 1. The minimum atomic E-state index is 0.246. The Balaban J connectivity index is 1.82. The van der Waals surface area contributed by atoms with E-state index in [1.165, 1.54) is 0 Å². The van der Waals surface area contributed by atoms with Crippen LogP contribution in [0.15, 0.2) is 66.7 Å². The van der Waals surface area contributed by atoms with Crippen LogP contribution in [0.4, 0.5) is 0 Å². The summed E-state index contributed by atoms with van der Waals surface area (Å²) >= 11 is 0. The summed E-state index contributed by atoms with van der Waals surface area (Å²) in [5.41, 5.74) is 4.52. The van der Waals surface area contributed by atoms with E-state index in [1.54, 1.807) is 12.1 Å². The molecular formula is C18H13N3O. The number of hydrogen-bond acceptors (Lipinski definition) is 3. The van der Waals surface area contributed by atoms with Gasteiger partial charge >= 0.3 is 0 Å². The number of H-pyrrole nitrogens is 1. The number of aromatic hydroxyl groups is 1. The number of aromatic amines is 1. The number of nitrogens with one attached hydrogen (secondary N) is 1. The average Bonchev–Trinajstić information content (AvgIpc) is 2.99. The number of aromatic nitrogens is 3. The minimum Gasteiger partial charge on any atom is -0.508 e. The van der Waals surface area contributed by atoms with E-state index in [1.807, 2.05) is 54.6 Å². The van der Waals surface area contributed by atoms with Crippen LogP contribution in [0.25, 0.3) is 33.5 Å². The van der Waals surface area contributed by atoms with Gasteiger partial charge < -0.3 is 5.11 Å². The van der Waals surface area contributed by atoms with Crippen molar-refractivity contribution in [2.75, 3.05) is 0 Å². The fraction of sp³-hybridized carbons (Fsp3) is 0. The lowest BCUT2D eigenvalue weighted by Crippen LogP contribution is -1.84. The molecule has 4 rings (SSSR count). The average molecular weight is 287 g/mol. The van der Waals surface area contributed by atoms with Crippen LogP contribution >= 0.6 is 0 Å². The lowest BCUT2D eigenvalue weighted by Gasteiger charge is -2.02. The molecule has 2 aromatic heterocycles. The molecule has 22 heavy (non-hydrogen) atoms. The molecule has 0 unspecified atom stereocenters. The van der Waals surface area contributed by atoms with Crippen LogP contribution in [-0.4, -0.2) is 20.3 Å². The van der Waals surface area contributed by atoms with E-state index in [2.05, 4.69) is 15.2 Å². The number of nitrogens with zero attached hydrogens (tertiary/aromatic N) is 2. The zero-order valence-electron chi connectivity index (χ0n) is 11.7. The number of rotatable bonds is 2. The summed E-state index contributed by atoms with van der Waals surface area (Å²) in [6, 6.07) is 21.1. The molecule has 4 nitrogen and oxygen atoms in total. The third kappa shape index (κ3) is 2.11. The fourth-order valence-corrected chi connectivity index (χ4v) is 2.52. The Morgan fingerprint density at radius 3 is 2.32 bits per heavy atom. The van der Waals surface area contributed by atoms with Gasteiger partial charge in [-0.25, -0.2) is 4.98 Å². The van der Waals surface area contributed by atoms with Gasteiger partial charge in [-0.3, -0.25) is 5.10 Å². The van der Waals surface area contributed by atoms with Gasteiger partial charge in [0.05, 0.1) is 11.4 Å².